The van der Waals surface area contributed by atoms with E-state index in [-0.39, 0.29) is 23.1 Å². The zero-order valence-electron chi connectivity index (χ0n) is 17.5. The van der Waals surface area contributed by atoms with Gasteiger partial charge < -0.3 is 10.6 Å². The average molecular weight is 523 g/mol. The maximum atomic E-state index is 13.2. The zero-order valence-corrected chi connectivity index (χ0v) is 19.9. The van der Waals surface area contributed by atoms with E-state index in [0.717, 1.165) is 4.47 Å². The Morgan fingerprint density at radius 1 is 0.939 bits per heavy atom. The fraction of sp³-hybridized carbons (Fsp3) is 0.0833. The smallest absolute Gasteiger partial charge is 0.266 e. The number of para-hydroxylation sites is 1. The second-order valence-corrected chi connectivity index (χ2v) is 8.98. The molecule has 0 radical (unpaired) electrons. The summed E-state index contributed by atoms with van der Waals surface area (Å²) in [6.45, 7) is 1.43. The molecule has 0 aliphatic heterocycles. The lowest BCUT2D eigenvalue weighted by Crippen LogP contribution is -2.23. The Morgan fingerprint density at radius 2 is 1.58 bits per heavy atom. The number of anilines is 2. The van der Waals surface area contributed by atoms with Gasteiger partial charge in [0.2, 0.25) is 11.8 Å². The fourth-order valence-corrected chi connectivity index (χ4v) is 4.27. The van der Waals surface area contributed by atoms with Gasteiger partial charge in [-0.2, -0.15) is 0 Å². The van der Waals surface area contributed by atoms with Crippen LogP contribution in [0.25, 0.3) is 16.6 Å². The summed E-state index contributed by atoms with van der Waals surface area (Å²) in [7, 11) is 0. The number of nitrogens with zero attached hydrogens (tertiary/aromatic N) is 2. The van der Waals surface area contributed by atoms with E-state index < -0.39 is 0 Å². The number of aromatic nitrogens is 2. The molecule has 2 amide bonds. The molecule has 0 aliphatic rings. The Hall–Kier alpha value is -3.43. The Bertz CT molecular complexity index is 1390. The lowest BCUT2D eigenvalue weighted by Gasteiger charge is -2.13. The molecule has 4 aromatic rings. The molecule has 0 bridgehead atoms. The second kappa shape index (κ2) is 10.0. The van der Waals surface area contributed by atoms with Crippen LogP contribution in [-0.4, -0.2) is 27.1 Å². The molecule has 0 saturated heterocycles. The summed E-state index contributed by atoms with van der Waals surface area (Å²) in [5.41, 5.74) is 2.30. The molecule has 9 heteroatoms. The van der Waals surface area contributed by atoms with Crippen LogP contribution in [0, 0.1) is 0 Å². The van der Waals surface area contributed by atoms with E-state index in [4.69, 9.17) is 0 Å². The fourth-order valence-electron chi connectivity index (χ4n) is 3.19. The van der Waals surface area contributed by atoms with Gasteiger partial charge in [0, 0.05) is 22.8 Å². The summed E-state index contributed by atoms with van der Waals surface area (Å²) < 4.78 is 2.42. The molecule has 0 aliphatic carbocycles. The quantitative estimate of drug-likeness (QED) is 0.279. The van der Waals surface area contributed by atoms with Crippen LogP contribution in [0.2, 0.25) is 0 Å². The van der Waals surface area contributed by atoms with E-state index in [2.05, 4.69) is 31.5 Å². The van der Waals surface area contributed by atoms with E-state index in [1.54, 1.807) is 42.5 Å². The Labute approximate surface area is 202 Å². The number of carbonyl (C=O) groups is 2. The summed E-state index contributed by atoms with van der Waals surface area (Å²) in [5.74, 6) is -0.339. The van der Waals surface area contributed by atoms with Crippen molar-refractivity contribution >= 4 is 61.8 Å². The average Bonchev–Trinajstić information content (AvgIpc) is 2.80. The third kappa shape index (κ3) is 5.50. The van der Waals surface area contributed by atoms with Crippen molar-refractivity contribution in [3.63, 3.8) is 0 Å². The van der Waals surface area contributed by atoms with Gasteiger partial charge in [-0.3, -0.25) is 19.0 Å². The highest BCUT2D eigenvalue weighted by atomic mass is 79.9. The lowest BCUT2D eigenvalue weighted by atomic mass is 10.2. The highest BCUT2D eigenvalue weighted by Crippen LogP contribution is 2.23. The maximum absolute atomic E-state index is 13.2. The van der Waals surface area contributed by atoms with Crippen LogP contribution in [-0.2, 0) is 9.59 Å². The largest absolute Gasteiger partial charge is 0.326 e. The minimum absolute atomic E-state index is 0.0642. The molecule has 0 saturated carbocycles. The van der Waals surface area contributed by atoms with Gasteiger partial charge in [0.05, 0.1) is 22.3 Å². The van der Waals surface area contributed by atoms with Crippen molar-refractivity contribution in [1.82, 2.24) is 9.55 Å². The van der Waals surface area contributed by atoms with Crippen LogP contribution in [0.3, 0.4) is 0 Å². The van der Waals surface area contributed by atoms with Gasteiger partial charge in [0.15, 0.2) is 5.16 Å². The number of fused-ring (bicyclic) bond motifs is 1. The van der Waals surface area contributed by atoms with Gasteiger partial charge in [-0.25, -0.2) is 4.98 Å². The van der Waals surface area contributed by atoms with Crippen molar-refractivity contribution in [2.75, 3.05) is 16.4 Å². The Morgan fingerprint density at radius 3 is 2.24 bits per heavy atom. The van der Waals surface area contributed by atoms with Gasteiger partial charge >= 0.3 is 0 Å². The number of halogens is 1. The first-order valence-corrected chi connectivity index (χ1v) is 11.8. The third-order valence-electron chi connectivity index (χ3n) is 4.65. The van der Waals surface area contributed by atoms with Crippen LogP contribution in [0.1, 0.15) is 6.92 Å². The molecule has 33 heavy (non-hydrogen) atoms. The van der Waals surface area contributed by atoms with Crippen molar-refractivity contribution in [3.8, 4) is 5.69 Å². The van der Waals surface area contributed by atoms with E-state index in [1.165, 1.54) is 23.3 Å². The number of rotatable bonds is 6. The SMILES string of the molecule is CC(=O)Nc1ccc(NC(=O)CSc2nc3ccccc3c(=O)n2-c2ccc(Br)cc2)cc1. The van der Waals surface area contributed by atoms with E-state index in [1.807, 2.05) is 30.3 Å². The van der Waals surface area contributed by atoms with Gasteiger partial charge in [-0.15, -0.1) is 0 Å². The summed E-state index contributed by atoms with van der Waals surface area (Å²) in [5, 5.41) is 6.43. The van der Waals surface area contributed by atoms with Crippen LogP contribution < -0.4 is 16.2 Å². The minimum atomic E-state index is -0.239. The van der Waals surface area contributed by atoms with Crippen molar-refractivity contribution in [2.24, 2.45) is 0 Å². The Balaban J connectivity index is 1.57. The molecule has 1 heterocycles. The first-order valence-electron chi connectivity index (χ1n) is 9.99. The van der Waals surface area contributed by atoms with Gasteiger partial charge in [0.1, 0.15) is 0 Å². The van der Waals surface area contributed by atoms with Crippen molar-refractivity contribution in [2.45, 2.75) is 12.1 Å². The summed E-state index contributed by atoms with van der Waals surface area (Å²) in [6, 6.07) is 21.3. The molecule has 2 N–H and O–H groups in total. The van der Waals surface area contributed by atoms with Gasteiger partial charge in [0.25, 0.3) is 5.56 Å². The zero-order chi connectivity index (χ0) is 23.4. The highest BCUT2D eigenvalue weighted by molar-refractivity contribution is 9.10. The minimum Gasteiger partial charge on any atom is -0.326 e. The number of benzene rings is 3. The van der Waals surface area contributed by atoms with Crippen molar-refractivity contribution in [3.05, 3.63) is 87.6 Å². The number of nitrogens with one attached hydrogen (secondary N) is 2. The standard InChI is InChI=1S/C24H19BrN4O3S/c1-15(30)26-17-8-10-18(11-9-17)27-22(31)14-33-24-28-21-5-3-2-4-20(21)23(32)29(24)19-12-6-16(25)7-13-19/h2-13H,14H2,1H3,(H,26,30)(H,27,31). The molecular formula is C24H19BrN4O3S. The molecule has 0 fully saturated rings. The summed E-state index contributed by atoms with van der Waals surface area (Å²) in [6.07, 6.45) is 0. The van der Waals surface area contributed by atoms with Gasteiger partial charge in [-0.1, -0.05) is 39.8 Å². The van der Waals surface area contributed by atoms with Crippen LogP contribution >= 0.6 is 27.7 Å². The predicted octanol–water partition coefficient (Wildman–Crippen LogP) is 4.84. The molecule has 0 unspecified atom stereocenters. The highest BCUT2D eigenvalue weighted by Gasteiger charge is 2.15. The number of amides is 2. The van der Waals surface area contributed by atoms with E-state index in [0.29, 0.717) is 33.1 Å². The topological polar surface area (TPSA) is 93.1 Å². The molecule has 166 valence electrons. The molecule has 0 atom stereocenters. The second-order valence-electron chi connectivity index (χ2n) is 7.12. The lowest BCUT2D eigenvalue weighted by molar-refractivity contribution is -0.114. The molecule has 7 nitrogen and oxygen atoms in total. The first kappa shape index (κ1) is 22.8. The maximum Gasteiger partial charge on any atom is 0.266 e. The summed E-state index contributed by atoms with van der Waals surface area (Å²) in [4.78, 5) is 41.6. The number of hydrogen-bond donors (Lipinski definition) is 2. The molecular weight excluding hydrogens is 504 g/mol. The third-order valence-corrected chi connectivity index (χ3v) is 6.12. The van der Waals surface area contributed by atoms with Crippen molar-refractivity contribution < 1.29 is 9.59 Å². The molecule has 3 aromatic carbocycles. The normalized spacial score (nSPS) is 10.7. The summed E-state index contributed by atoms with van der Waals surface area (Å²) >= 11 is 4.60. The van der Waals surface area contributed by atoms with E-state index >= 15 is 0 Å². The van der Waals surface area contributed by atoms with Gasteiger partial charge in [-0.05, 0) is 60.7 Å². The van der Waals surface area contributed by atoms with Crippen molar-refractivity contribution in [1.29, 1.82) is 0 Å². The number of thioether (sulfide) groups is 1. The first-order chi connectivity index (χ1) is 15.9. The van der Waals surface area contributed by atoms with Crippen LogP contribution in [0.4, 0.5) is 11.4 Å². The molecule has 1 aromatic heterocycles. The predicted molar refractivity (Wildman–Crippen MR) is 135 cm³/mol. The number of carbonyl (C=O) groups excluding carboxylic acids is 2. The van der Waals surface area contributed by atoms with Crippen LogP contribution in [0.5, 0.6) is 0 Å². The molecule has 0 spiro atoms. The number of hydrogen-bond acceptors (Lipinski definition) is 5. The van der Waals surface area contributed by atoms with E-state index in [9.17, 15) is 14.4 Å². The monoisotopic (exact) mass is 522 g/mol. The molecule has 4 rings (SSSR count). The Kier molecular flexibility index (Phi) is 6.90. The van der Waals surface area contributed by atoms with Crippen LogP contribution in [0.15, 0.2) is 87.2 Å².